The molecule has 180 valence electrons. The third-order valence-corrected chi connectivity index (χ3v) is 7.04. The van der Waals surface area contributed by atoms with Crippen LogP contribution in [0.5, 0.6) is 0 Å². The maximum absolute atomic E-state index is 13.4. The lowest BCUT2D eigenvalue weighted by Gasteiger charge is -2.43. The number of nitrogens with zero attached hydrogens (tertiary/aromatic N) is 3. The van der Waals surface area contributed by atoms with E-state index < -0.39 is 11.8 Å². The molecule has 0 bridgehead atoms. The van der Waals surface area contributed by atoms with Gasteiger partial charge in [0.15, 0.2) is 0 Å². The highest BCUT2D eigenvalue weighted by Crippen LogP contribution is 2.37. The Kier molecular flexibility index (Phi) is 7.13. The van der Waals surface area contributed by atoms with Gasteiger partial charge in [-0.25, -0.2) is 9.97 Å². The van der Waals surface area contributed by atoms with Crippen molar-refractivity contribution in [1.82, 2.24) is 14.9 Å². The first-order valence-electron chi connectivity index (χ1n) is 11.6. The molecular weight excluding hydrogens is 450 g/mol. The molecule has 1 saturated heterocycles. The predicted octanol–water partition coefficient (Wildman–Crippen LogP) is 4.18. The number of pyridine rings is 1. The lowest BCUT2D eigenvalue weighted by atomic mass is 9.87. The Morgan fingerprint density at radius 1 is 1.29 bits per heavy atom. The summed E-state index contributed by atoms with van der Waals surface area (Å²) < 4.78 is 7.26. The van der Waals surface area contributed by atoms with Gasteiger partial charge in [0, 0.05) is 12.5 Å². The number of carbonyl (C=O) groups excluding carboxylic acids is 2. The van der Waals surface area contributed by atoms with Crippen LogP contribution >= 0.6 is 11.3 Å². The number of piperidine rings is 1. The molecule has 1 aliphatic heterocycles. The van der Waals surface area contributed by atoms with Gasteiger partial charge >= 0.3 is 11.8 Å². The number of nitrogens with two attached hydrogens (primary N) is 1. The number of amides is 2. The summed E-state index contributed by atoms with van der Waals surface area (Å²) in [6.45, 7) is 8.46. The summed E-state index contributed by atoms with van der Waals surface area (Å²) in [6, 6.07) is 7.51. The van der Waals surface area contributed by atoms with Crippen molar-refractivity contribution in [2.24, 2.45) is 5.92 Å². The molecule has 1 unspecified atom stereocenters. The van der Waals surface area contributed by atoms with Crippen LogP contribution < -0.4 is 11.1 Å². The third-order valence-electron chi connectivity index (χ3n) is 6.23. The van der Waals surface area contributed by atoms with Crippen LogP contribution in [0, 0.1) is 5.92 Å². The summed E-state index contributed by atoms with van der Waals surface area (Å²) in [6.07, 6.45) is 2.82. The Hall–Kier alpha value is -3.04. The summed E-state index contributed by atoms with van der Waals surface area (Å²) in [5.41, 5.74) is 10.8. The van der Waals surface area contributed by atoms with Gasteiger partial charge in [-0.15, -0.1) is 11.3 Å². The van der Waals surface area contributed by atoms with Crippen LogP contribution in [0.4, 0.5) is 11.5 Å². The van der Waals surface area contributed by atoms with Crippen molar-refractivity contribution in [2.75, 3.05) is 17.6 Å². The van der Waals surface area contributed by atoms with E-state index in [1.165, 1.54) is 6.20 Å². The molecule has 8 nitrogen and oxygen atoms in total. The van der Waals surface area contributed by atoms with Gasteiger partial charge in [0.25, 0.3) is 0 Å². The zero-order chi connectivity index (χ0) is 24.4. The first-order chi connectivity index (χ1) is 16.3. The van der Waals surface area contributed by atoms with Gasteiger partial charge in [-0.2, -0.15) is 0 Å². The van der Waals surface area contributed by atoms with Gasteiger partial charge in [-0.1, -0.05) is 19.9 Å². The van der Waals surface area contributed by atoms with Crippen molar-refractivity contribution in [3.63, 3.8) is 0 Å². The molecule has 0 saturated carbocycles. The fraction of sp³-hybridized carbons (Fsp3) is 0.440. The lowest BCUT2D eigenvalue weighted by molar-refractivity contribution is -0.151. The van der Waals surface area contributed by atoms with Crippen molar-refractivity contribution in [1.29, 1.82) is 0 Å². The summed E-state index contributed by atoms with van der Waals surface area (Å²) >= 11 is 1.57. The van der Waals surface area contributed by atoms with Crippen molar-refractivity contribution in [3.8, 4) is 0 Å². The minimum absolute atomic E-state index is 0.0170. The summed E-state index contributed by atoms with van der Waals surface area (Å²) in [7, 11) is 0. The number of aromatic nitrogens is 2. The van der Waals surface area contributed by atoms with Crippen LogP contribution in [0.1, 0.15) is 51.3 Å². The average molecular weight is 482 g/mol. The summed E-state index contributed by atoms with van der Waals surface area (Å²) in [5, 5.41) is 2.71. The van der Waals surface area contributed by atoms with Gasteiger partial charge < -0.3 is 20.7 Å². The molecule has 4 rings (SSSR count). The number of nitrogens with one attached hydrogen (secondary N) is 1. The molecule has 1 fully saturated rings. The van der Waals surface area contributed by atoms with Crippen LogP contribution in [-0.2, 0) is 20.7 Å². The number of carbonyl (C=O) groups is 2. The van der Waals surface area contributed by atoms with E-state index in [4.69, 9.17) is 10.5 Å². The van der Waals surface area contributed by atoms with Crippen molar-refractivity contribution >= 4 is 44.9 Å². The topological polar surface area (TPSA) is 110 Å². The Bertz CT molecular complexity index is 1190. The first-order valence-corrected chi connectivity index (χ1v) is 12.5. The minimum Gasteiger partial charge on any atom is -0.383 e. The zero-order valence-electron chi connectivity index (χ0n) is 19.9. The molecule has 3 N–H and O–H groups in total. The minimum atomic E-state index is -0.691. The fourth-order valence-corrected chi connectivity index (χ4v) is 5.14. The highest BCUT2D eigenvalue weighted by Gasteiger charge is 2.39. The SMILES string of the molecule is CCc1cc(NC(=O)C(=O)N2C[C@@H](C)C(OC(C)C)C[C@@H]2c2ccc3scnc3c2)cnc1N. The van der Waals surface area contributed by atoms with Crippen LogP contribution in [0.25, 0.3) is 10.2 Å². The molecule has 0 radical (unpaired) electrons. The van der Waals surface area contributed by atoms with E-state index in [0.717, 1.165) is 21.3 Å². The summed E-state index contributed by atoms with van der Waals surface area (Å²) in [4.78, 5) is 36.6. The molecule has 3 aromatic rings. The number of fused-ring (bicyclic) bond motifs is 1. The number of hydrogen-bond acceptors (Lipinski definition) is 7. The van der Waals surface area contributed by atoms with Gasteiger partial charge in [-0.3, -0.25) is 9.59 Å². The Labute approximate surface area is 203 Å². The number of hydrogen-bond donors (Lipinski definition) is 2. The molecule has 2 amide bonds. The highest BCUT2D eigenvalue weighted by molar-refractivity contribution is 7.16. The van der Waals surface area contributed by atoms with Gasteiger partial charge in [0.2, 0.25) is 0 Å². The van der Waals surface area contributed by atoms with E-state index in [1.807, 2.05) is 44.5 Å². The summed E-state index contributed by atoms with van der Waals surface area (Å²) in [5.74, 6) is -0.759. The van der Waals surface area contributed by atoms with E-state index in [2.05, 4.69) is 22.2 Å². The molecule has 3 heterocycles. The van der Waals surface area contributed by atoms with Crippen molar-refractivity contribution in [2.45, 2.75) is 58.8 Å². The van der Waals surface area contributed by atoms with Crippen LogP contribution in [-0.4, -0.2) is 45.4 Å². The number of nitrogen functional groups attached to an aromatic ring is 1. The second kappa shape index (κ2) is 10.1. The molecule has 0 aliphatic carbocycles. The van der Waals surface area contributed by atoms with Gasteiger partial charge in [0.1, 0.15) is 5.82 Å². The molecule has 3 atom stereocenters. The average Bonchev–Trinajstić information content (AvgIpc) is 3.28. The monoisotopic (exact) mass is 481 g/mol. The van der Waals surface area contributed by atoms with Crippen molar-refractivity contribution in [3.05, 3.63) is 47.1 Å². The third kappa shape index (κ3) is 5.05. The molecule has 0 spiro atoms. The van der Waals surface area contributed by atoms with Crippen molar-refractivity contribution < 1.29 is 14.3 Å². The second-order valence-corrected chi connectivity index (χ2v) is 9.95. The zero-order valence-corrected chi connectivity index (χ0v) is 20.8. The maximum atomic E-state index is 13.4. The Balaban J connectivity index is 1.61. The smallest absolute Gasteiger partial charge is 0.313 e. The van der Waals surface area contributed by atoms with Crippen LogP contribution in [0.15, 0.2) is 36.0 Å². The lowest BCUT2D eigenvalue weighted by Crippen LogP contribution is -2.51. The van der Waals surface area contributed by atoms with E-state index in [1.54, 1.807) is 22.3 Å². The molecule has 2 aromatic heterocycles. The molecule has 34 heavy (non-hydrogen) atoms. The number of rotatable bonds is 5. The van der Waals surface area contributed by atoms with E-state index in [-0.39, 0.29) is 24.2 Å². The first kappa shape index (κ1) is 24.1. The number of ether oxygens (including phenoxy) is 1. The predicted molar refractivity (Wildman–Crippen MR) is 135 cm³/mol. The normalized spacial score (nSPS) is 20.6. The van der Waals surface area contributed by atoms with E-state index >= 15 is 0 Å². The highest BCUT2D eigenvalue weighted by atomic mass is 32.1. The maximum Gasteiger partial charge on any atom is 0.313 e. The quantitative estimate of drug-likeness (QED) is 0.529. The second-order valence-electron chi connectivity index (χ2n) is 9.07. The van der Waals surface area contributed by atoms with Gasteiger partial charge in [-0.05, 0) is 56.0 Å². The number of aryl methyl sites for hydroxylation is 1. The van der Waals surface area contributed by atoms with Crippen LogP contribution in [0.2, 0.25) is 0 Å². The fourth-order valence-electron chi connectivity index (χ4n) is 4.48. The molecule has 9 heteroatoms. The standard InChI is InChI=1S/C25H31N5O3S/c1-5-16-8-18(11-27-23(16)26)29-24(31)25(32)30-12-15(4)21(33-14(2)3)10-20(30)17-6-7-22-19(9-17)28-13-34-22/h6-9,11,13-15,20-21H,5,10,12H2,1-4H3,(H2,26,27)(H,29,31)/t15-,20-,21?/m1/s1. The molecular formula is C25H31N5O3S. The van der Waals surface area contributed by atoms with Gasteiger partial charge in [0.05, 0.1) is 45.9 Å². The largest absolute Gasteiger partial charge is 0.383 e. The Morgan fingerprint density at radius 2 is 2.09 bits per heavy atom. The number of anilines is 2. The van der Waals surface area contributed by atoms with E-state index in [0.29, 0.717) is 30.9 Å². The number of thiazole rings is 1. The molecule has 1 aliphatic rings. The van der Waals surface area contributed by atoms with E-state index in [9.17, 15) is 9.59 Å². The van der Waals surface area contributed by atoms with Crippen LogP contribution in [0.3, 0.4) is 0 Å². The number of likely N-dealkylation sites (tertiary alicyclic amines) is 1. The molecule has 1 aromatic carbocycles. The Morgan fingerprint density at radius 3 is 2.82 bits per heavy atom. The number of benzene rings is 1.